The maximum absolute atomic E-state index is 13.6. The number of benzene rings is 3. The number of nitrogens with one attached hydrogen (secondary N) is 1. The smallest absolute Gasteiger partial charge is 0.264 e. The van der Waals surface area contributed by atoms with Crippen LogP contribution in [0.3, 0.4) is 0 Å². The molecule has 174 valence electrons. The second-order valence-corrected chi connectivity index (χ2v) is 10.4. The first-order valence-electron chi connectivity index (χ1n) is 11.2. The summed E-state index contributed by atoms with van der Waals surface area (Å²) < 4.78 is 28.4. The zero-order valence-corrected chi connectivity index (χ0v) is 20.7. The van der Waals surface area contributed by atoms with Gasteiger partial charge in [-0.2, -0.15) is 0 Å². The van der Waals surface area contributed by atoms with Crippen molar-refractivity contribution in [3.63, 3.8) is 0 Å². The molecule has 0 spiro atoms. The van der Waals surface area contributed by atoms with Gasteiger partial charge in [-0.25, -0.2) is 8.42 Å². The SMILES string of the molecule is CCc1ccc([C@H](C)NC(=O)CN(c2ccc(C)cc2C)S(=O)(=O)c2ccc(C)cc2)cc1. The normalized spacial score (nSPS) is 12.3. The molecule has 0 saturated carbocycles. The zero-order valence-electron chi connectivity index (χ0n) is 19.9. The summed E-state index contributed by atoms with van der Waals surface area (Å²) in [4.78, 5) is 13.2. The van der Waals surface area contributed by atoms with Gasteiger partial charge in [-0.1, -0.05) is 66.6 Å². The minimum atomic E-state index is -3.94. The number of aryl methyl sites for hydroxylation is 4. The highest BCUT2D eigenvalue weighted by molar-refractivity contribution is 7.92. The Balaban J connectivity index is 1.90. The quantitative estimate of drug-likeness (QED) is 0.495. The molecule has 0 aliphatic carbocycles. The van der Waals surface area contributed by atoms with Crippen LogP contribution in [-0.2, 0) is 21.2 Å². The van der Waals surface area contributed by atoms with E-state index < -0.39 is 10.0 Å². The fourth-order valence-electron chi connectivity index (χ4n) is 3.77. The Bertz CT molecular complexity index is 1220. The van der Waals surface area contributed by atoms with E-state index in [1.807, 2.05) is 64.1 Å². The number of carbonyl (C=O) groups is 1. The first kappa shape index (κ1) is 24.5. The zero-order chi connectivity index (χ0) is 24.2. The van der Waals surface area contributed by atoms with Crippen LogP contribution in [0.25, 0.3) is 0 Å². The van der Waals surface area contributed by atoms with Crippen molar-refractivity contribution in [2.45, 2.75) is 52.0 Å². The molecule has 33 heavy (non-hydrogen) atoms. The van der Waals surface area contributed by atoms with Gasteiger partial charge in [0.25, 0.3) is 10.0 Å². The lowest BCUT2D eigenvalue weighted by Crippen LogP contribution is -2.42. The van der Waals surface area contributed by atoms with Crippen LogP contribution in [0.15, 0.2) is 71.6 Å². The Morgan fingerprint density at radius 3 is 2.09 bits per heavy atom. The summed E-state index contributed by atoms with van der Waals surface area (Å²) in [6.07, 6.45) is 0.947. The fraction of sp³-hybridized carbons (Fsp3) is 0.296. The lowest BCUT2D eigenvalue weighted by molar-refractivity contribution is -0.120. The molecule has 1 atom stereocenters. The summed E-state index contributed by atoms with van der Waals surface area (Å²) in [6, 6.07) is 20.0. The van der Waals surface area contributed by atoms with Gasteiger partial charge in [0, 0.05) is 0 Å². The number of carbonyl (C=O) groups excluding carboxylic acids is 1. The van der Waals surface area contributed by atoms with Gasteiger partial charge >= 0.3 is 0 Å². The molecule has 0 aliphatic heterocycles. The van der Waals surface area contributed by atoms with E-state index in [9.17, 15) is 13.2 Å². The van der Waals surface area contributed by atoms with Crippen LogP contribution >= 0.6 is 0 Å². The van der Waals surface area contributed by atoms with E-state index in [-0.39, 0.29) is 23.4 Å². The van der Waals surface area contributed by atoms with Gasteiger partial charge < -0.3 is 5.32 Å². The van der Waals surface area contributed by atoms with Crippen molar-refractivity contribution in [1.29, 1.82) is 0 Å². The summed E-state index contributed by atoms with van der Waals surface area (Å²) >= 11 is 0. The molecule has 0 fully saturated rings. The van der Waals surface area contributed by atoms with Crippen LogP contribution in [0, 0.1) is 20.8 Å². The van der Waals surface area contributed by atoms with Crippen LogP contribution in [0.2, 0.25) is 0 Å². The summed E-state index contributed by atoms with van der Waals surface area (Å²) in [5.41, 5.74) is 5.48. The molecule has 0 bridgehead atoms. The number of amides is 1. The van der Waals surface area contributed by atoms with Crippen LogP contribution in [0.5, 0.6) is 0 Å². The van der Waals surface area contributed by atoms with Gasteiger partial charge in [-0.15, -0.1) is 0 Å². The summed E-state index contributed by atoms with van der Waals surface area (Å²) in [6.45, 7) is 9.40. The first-order valence-corrected chi connectivity index (χ1v) is 12.6. The fourth-order valence-corrected chi connectivity index (χ4v) is 5.25. The molecule has 3 rings (SSSR count). The molecule has 1 amide bonds. The Labute approximate surface area is 197 Å². The Kier molecular flexibility index (Phi) is 7.59. The van der Waals surface area contributed by atoms with Crippen LogP contribution in [-0.4, -0.2) is 20.9 Å². The van der Waals surface area contributed by atoms with Crippen molar-refractivity contribution in [3.05, 3.63) is 94.5 Å². The summed E-state index contributed by atoms with van der Waals surface area (Å²) in [5, 5.41) is 2.95. The van der Waals surface area contributed by atoms with Crippen molar-refractivity contribution < 1.29 is 13.2 Å². The molecular weight excluding hydrogens is 432 g/mol. The number of anilines is 1. The van der Waals surface area contributed by atoms with E-state index in [2.05, 4.69) is 12.2 Å². The van der Waals surface area contributed by atoms with E-state index in [4.69, 9.17) is 0 Å². The Morgan fingerprint density at radius 2 is 1.52 bits per heavy atom. The van der Waals surface area contributed by atoms with Gasteiger partial charge in [0.1, 0.15) is 6.54 Å². The van der Waals surface area contributed by atoms with Gasteiger partial charge in [-0.3, -0.25) is 9.10 Å². The van der Waals surface area contributed by atoms with E-state index in [1.165, 1.54) is 9.87 Å². The number of sulfonamides is 1. The topological polar surface area (TPSA) is 66.5 Å². The molecule has 3 aromatic carbocycles. The third-order valence-corrected chi connectivity index (χ3v) is 7.56. The predicted molar refractivity (Wildman–Crippen MR) is 134 cm³/mol. The largest absolute Gasteiger partial charge is 0.348 e. The van der Waals surface area contributed by atoms with Crippen LogP contribution in [0.4, 0.5) is 5.69 Å². The predicted octanol–water partition coefficient (Wildman–Crippen LogP) is 5.25. The van der Waals surface area contributed by atoms with Crippen molar-refractivity contribution in [3.8, 4) is 0 Å². The Morgan fingerprint density at radius 1 is 0.909 bits per heavy atom. The van der Waals surface area contributed by atoms with Gasteiger partial charge in [0.2, 0.25) is 5.91 Å². The van der Waals surface area contributed by atoms with Crippen molar-refractivity contribution in [2.75, 3.05) is 10.8 Å². The summed E-state index contributed by atoms with van der Waals surface area (Å²) in [7, 11) is -3.94. The third-order valence-electron chi connectivity index (χ3n) is 5.78. The standard InChI is InChI=1S/C27H32N2O3S/c1-6-23-10-12-24(13-11-23)22(5)28-27(30)18-29(26-16-9-20(3)17-21(26)4)33(31,32)25-14-7-19(2)8-15-25/h7-17,22H,6,18H2,1-5H3,(H,28,30)/t22-/m0/s1. The number of hydrogen-bond donors (Lipinski definition) is 1. The van der Waals surface area contributed by atoms with Gasteiger partial charge in [0.05, 0.1) is 16.6 Å². The Hall–Kier alpha value is -3.12. The maximum atomic E-state index is 13.6. The lowest BCUT2D eigenvalue weighted by Gasteiger charge is -2.26. The number of rotatable bonds is 8. The first-order chi connectivity index (χ1) is 15.6. The highest BCUT2D eigenvalue weighted by atomic mass is 32.2. The second kappa shape index (κ2) is 10.2. The van der Waals surface area contributed by atoms with E-state index >= 15 is 0 Å². The molecule has 5 nitrogen and oxygen atoms in total. The average Bonchev–Trinajstić information content (AvgIpc) is 2.78. The molecule has 0 heterocycles. The molecular formula is C27H32N2O3S. The van der Waals surface area contributed by atoms with E-state index in [1.54, 1.807) is 30.3 Å². The lowest BCUT2D eigenvalue weighted by atomic mass is 10.1. The molecule has 0 aromatic heterocycles. The molecule has 1 N–H and O–H groups in total. The second-order valence-electron chi connectivity index (χ2n) is 8.50. The average molecular weight is 465 g/mol. The highest BCUT2D eigenvalue weighted by Gasteiger charge is 2.28. The molecule has 0 radical (unpaired) electrons. The molecule has 0 saturated heterocycles. The van der Waals surface area contributed by atoms with Crippen molar-refractivity contribution in [2.24, 2.45) is 0 Å². The third kappa shape index (κ3) is 5.82. The van der Waals surface area contributed by atoms with Gasteiger partial charge in [0.15, 0.2) is 0 Å². The molecule has 3 aromatic rings. The molecule has 0 aliphatic rings. The van der Waals surface area contributed by atoms with Gasteiger partial charge in [-0.05, 0) is 69.0 Å². The van der Waals surface area contributed by atoms with Crippen LogP contribution in [0.1, 0.15) is 47.7 Å². The summed E-state index contributed by atoms with van der Waals surface area (Å²) in [5.74, 6) is -0.363. The molecule has 0 unspecified atom stereocenters. The highest BCUT2D eigenvalue weighted by Crippen LogP contribution is 2.28. The maximum Gasteiger partial charge on any atom is 0.264 e. The number of hydrogen-bond acceptors (Lipinski definition) is 3. The van der Waals surface area contributed by atoms with Crippen molar-refractivity contribution >= 4 is 21.6 Å². The van der Waals surface area contributed by atoms with E-state index in [0.29, 0.717) is 5.69 Å². The van der Waals surface area contributed by atoms with Crippen LogP contribution < -0.4 is 9.62 Å². The monoisotopic (exact) mass is 464 g/mol. The minimum absolute atomic E-state index is 0.157. The number of nitrogens with zero attached hydrogens (tertiary/aromatic N) is 1. The minimum Gasteiger partial charge on any atom is -0.348 e. The van der Waals surface area contributed by atoms with E-state index in [0.717, 1.165) is 28.7 Å². The molecule has 6 heteroatoms. The van der Waals surface area contributed by atoms with Crippen molar-refractivity contribution in [1.82, 2.24) is 5.32 Å².